The molecule has 0 radical (unpaired) electrons. The molecule has 0 spiro atoms. The quantitative estimate of drug-likeness (QED) is 0.155. The number of pyridine rings is 1. The van der Waals surface area contributed by atoms with Crippen LogP contribution in [0.1, 0.15) is 105 Å². The molecule has 6 heteroatoms. The molecule has 0 unspecified atom stereocenters. The summed E-state index contributed by atoms with van der Waals surface area (Å²) in [6.07, 6.45) is 1.92. The predicted octanol–water partition coefficient (Wildman–Crippen LogP) is 15.8. The average molecular weight is 1020 g/mol. The number of para-hydroxylation sites is 2. The Morgan fingerprint density at radius 1 is 0.516 bits per heavy atom. The van der Waals surface area contributed by atoms with E-state index in [1.54, 1.807) is 0 Å². The molecule has 0 atom stereocenters. The number of hydrogen-bond acceptors (Lipinski definition) is 4. The van der Waals surface area contributed by atoms with Crippen molar-refractivity contribution in [2.75, 3.05) is 9.80 Å². The van der Waals surface area contributed by atoms with Crippen LogP contribution < -0.4 is 14.5 Å². The molecule has 0 amide bonds. The van der Waals surface area contributed by atoms with E-state index in [4.69, 9.17) is 9.72 Å². The maximum Gasteiger partial charge on any atom is 0.135 e. The van der Waals surface area contributed by atoms with Crippen molar-refractivity contribution in [2.24, 2.45) is 0 Å². The summed E-state index contributed by atoms with van der Waals surface area (Å²) in [5.41, 5.74) is 13.3. The zero-order chi connectivity index (χ0) is 44.6. The van der Waals surface area contributed by atoms with Gasteiger partial charge in [0.15, 0.2) is 0 Å². The third kappa shape index (κ3) is 8.40. The van der Waals surface area contributed by atoms with Crippen molar-refractivity contribution in [2.45, 2.75) is 105 Å². The fourth-order valence-electron chi connectivity index (χ4n) is 8.73. The molecule has 5 nitrogen and oxygen atoms in total. The van der Waals surface area contributed by atoms with Gasteiger partial charge < -0.3 is 19.1 Å². The fourth-order valence-corrected chi connectivity index (χ4v) is 8.73. The Bertz CT molecular complexity index is 3010. The second-order valence-electron chi connectivity index (χ2n) is 21.2. The Hall–Kier alpha value is -5.64. The molecule has 0 N–H and O–H groups in total. The molecule has 0 fully saturated rings. The Morgan fingerprint density at radius 3 is 1.83 bits per heavy atom. The van der Waals surface area contributed by atoms with E-state index in [0.29, 0.717) is 11.5 Å². The summed E-state index contributed by atoms with van der Waals surface area (Å²) in [6.45, 7) is 29.3. The summed E-state index contributed by atoms with van der Waals surface area (Å²) in [5, 5.41) is 2.27. The van der Waals surface area contributed by atoms with Gasteiger partial charge in [0, 0.05) is 66.9 Å². The summed E-state index contributed by atoms with van der Waals surface area (Å²) in [6, 6.07) is 53.3. The molecule has 1 aliphatic rings. The summed E-state index contributed by atoms with van der Waals surface area (Å²) < 4.78 is 9.14. The molecule has 2 aromatic heterocycles. The van der Waals surface area contributed by atoms with E-state index in [0.717, 1.165) is 50.6 Å². The standard InChI is InChI=1S/C58H59N4O.Pt/c1-55(2,3)39-25-28-48-46(33-39)45-27-26-43(36-52(45)62(48)53-34-40(29-30-59-53)56(4,5)6)63-44-32-41(57(7,8)9)31-42(35-44)60-37-61(50-23-17-16-22-49(50)60)51-24-18-21-47(58(10,11)12)54(51)38-19-14-13-15-20-38;/h13-34,37H,1-12H3;/q-3;. The number of anilines is 4. The maximum absolute atomic E-state index is 6.90. The normalized spacial score (nSPS) is 13.4. The zero-order valence-electron chi connectivity index (χ0n) is 39.3. The number of ether oxygens (including phenoxy) is 1. The Labute approximate surface area is 395 Å². The van der Waals surface area contributed by atoms with Gasteiger partial charge in [-0.15, -0.1) is 53.6 Å². The largest absolute Gasteiger partial charge is 0.509 e. The average Bonchev–Trinajstić information content (AvgIpc) is 3.78. The van der Waals surface area contributed by atoms with E-state index in [9.17, 15) is 0 Å². The van der Waals surface area contributed by atoms with Crippen LogP contribution in [0, 0.1) is 18.8 Å². The molecular weight excluding hydrogens is 964 g/mol. The molecule has 330 valence electrons. The van der Waals surface area contributed by atoms with Crippen LogP contribution in [0.25, 0.3) is 38.8 Å². The minimum absolute atomic E-state index is 0. The van der Waals surface area contributed by atoms with Gasteiger partial charge >= 0.3 is 0 Å². The van der Waals surface area contributed by atoms with Crippen molar-refractivity contribution in [3.63, 3.8) is 0 Å². The van der Waals surface area contributed by atoms with Gasteiger partial charge in [0.05, 0.1) is 0 Å². The fraction of sp³-hybridized carbons (Fsp3) is 0.276. The van der Waals surface area contributed by atoms with E-state index >= 15 is 0 Å². The molecule has 0 saturated heterocycles. The van der Waals surface area contributed by atoms with Gasteiger partial charge in [0.1, 0.15) is 5.82 Å². The van der Waals surface area contributed by atoms with Crippen LogP contribution in [0.2, 0.25) is 0 Å². The molecule has 3 heterocycles. The molecule has 9 rings (SSSR count). The predicted molar refractivity (Wildman–Crippen MR) is 264 cm³/mol. The van der Waals surface area contributed by atoms with Crippen molar-refractivity contribution in [1.29, 1.82) is 0 Å². The van der Waals surface area contributed by atoms with Gasteiger partial charge in [-0.3, -0.25) is 0 Å². The smallest absolute Gasteiger partial charge is 0.135 e. The van der Waals surface area contributed by atoms with E-state index in [1.807, 2.05) is 12.3 Å². The number of benzene rings is 6. The molecule has 0 aliphatic carbocycles. The van der Waals surface area contributed by atoms with Gasteiger partial charge in [-0.1, -0.05) is 155 Å². The molecule has 0 saturated carbocycles. The monoisotopic (exact) mass is 1020 g/mol. The third-order valence-electron chi connectivity index (χ3n) is 12.3. The number of aromatic nitrogens is 2. The maximum atomic E-state index is 6.90. The summed E-state index contributed by atoms with van der Waals surface area (Å²) >= 11 is 0. The Morgan fingerprint density at radius 2 is 1.16 bits per heavy atom. The first-order valence-electron chi connectivity index (χ1n) is 22.2. The topological polar surface area (TPSA) is 33.5 Å². The van der Waals surface area contributed by atoms with Crippen molar-refractivity contribution in [1.82, 2.24) is 9.55 Å². The van der Waals surface area contributed by atoms with Crippen LogP contribution in [0.4, 0.5) is 22.7 Å². The van der Waals surface area contributed by atoms with E-state index in [-0.39, 0.29) is 42.7 Å². The van der Waals surface area contributed by atoms with Crippen molar-refractivity contribution >= 4 is 44.6 Å². The second kappa shape index (κ2) is 16.4. The minimum atomic E-state index is -0.170. The molecule has 64 heavy (non-hydrogen) atoms. The Kier molecular flexibility index (Phi) is 11.5. The van der Waals surface area contributed by atoms with Crippen molar-refractivity contribution in [3.05, 3.63) is 175 Å². The zero-order valence-corrected chi connectivity index (χ0v) is 41.6. The molecule has 0 bridgehead atoms. The summed E-state index contributed by atoms with van der Waals surface area (Å²) in [4.78, 5) is 9.53. The van der Waals surface area contributed by atoms with E-state index in [2.05, 4.69) is 238 Å². The molecule has 1 aliphatic heterocycles. The van der Waals surface area contributed by atoms with Gasteiger partial charge in [0.25, 0.3) is 0 Å². The molecule has 8 aromatic rings. The second-order valence-corrected chi connectivity index (χ2v) is 21.2. The summed E-state index contributed by atoms with van der Waals surface area (Å²) in [5.74, 6) is 2.10. The van der Waals surface area contributed by atoms with E-state index < -0.39 is 0 Å². The number of fused-ring (bicyclic) bond motifs is 4. The first-order chi connectivity index (χ1) is 29.8. The van der Waals surface area contributed by atoms with Gasteiger partial charge in [0.2, 0.25) is 0 Å². The first-order valence-corrected chi connectivity index (χ1v) is 22.2. The summed E-state index contributed by atoms with van der Waals surface area (Å²) in [7, 11) is 0. The van der Waals surface area contributed by atoms with Crippen LogP contribution in [0.15, 0.2) is 134 Å². The van der Waals surface area contributed by atoms with Crippen LogP contribution in [-0.4, -0.2) is 9.55 Å². The number of hydrogen-bond donors (Lipinski definition) is 0. The SMILES string of the molecule is CC(C)(C)c1cc(Oc2[c-]c3c(cc2)c2cc(C(C)(C)C)ccc2n3-c2cc(C(C)(C)C)ccn2)[c-]c(N2[CH-]N(c3cccc(C(C)(C)C)c3-c3ccccc3)c3ccccc32)c1.[Pt]. The van der Waals surface area contributed by atoms with Gasteiger partial charge in [-0.2, -0.15) is 6.07 Å². The molecule has 6 aromatic carbocycles. The van der Waals surface area contributed by atoms with Gasteiger partial charge in [-0.25, -0.2) is 4.98 Å². The third-order valence-corrected chi connectivity index (χ3v) is 12.3. The minimum Gasteiger partial charge on any atom is -0.509 e. The van der Waals surface area contributed by atoms with Crippen molar-refractivity contribution < 1.29 is 25.8 Å². The number of rotatable bonds is 6. The Balaban J connectivity index is 0.00000560. The first kappa shape index (κ1) is 44.9. The number of nitrogens with zero attached hydrogens (tertiary/aromatic N) is 4. The molecular formula is C58H59N4OPt-3. The van der Waals surface area contributed by atoms with Crippen LogP contribution in [-0.2, 0) is 42.7 Å². The van der Waals surface area contributed by atoms with E-state index in [1.165, 1.54) is 33.2 Å². The van der Waals surface area contributed by atoms with Gasteiger partial charge in [-0.05, 0) is 85.7 Å². The van der Waals surface area contributed by atoms with Crippen molar-refractivity contribution in [3.8, 4) is 28.4 Å². The van der Waals surface area contributed by atoms with Crippen LogP contribution in [0.3, 0.4) is 0 Å². The van der Waals surface area contributed by atoms with Crippen LogP contribution >= 0.6 is 0 Å². The van der Waals surface area contributed by atoms with Crippen LogP contribution in [0.5, 0.6) is 11.5 Å².